The van der Waals surface area contributed by atoms with Crippen LogP contribution in [-0.4, -0.2) is 33.1 Å². The Labute approximate surface area is 140 Å². The van der Waals surface area contributed by atoms with Crippen LogP contribution in [-0.2, 0) is 6.54 Å². The van der Waals surface area contributed by atoms with Crippen LogP contribution in [0.3, 0.4) is 0 Å². The summed E-state index contributed by atoms with van der Waals surface area (Å²) in [5.74, 6) is 1.43. The number of rotatable bonds is 3. The minimum atomic E-state index is -0.237. The van der Waals surface area contributed by atoms with E-state index in [4.69, 9.17) is 0 Å². The molecule has 1 aliphatic rings. The maximum atomic E-state index is 13.3. The van der Waals surface area contributed by atoms with Crippen LogP contribution in [0.4, 0.5) is 4.39 Å². The topological polar surface area (TPSA) is 52.1 Å². The van der Waals surface area contributed by atoms with Crippen LogP contribution >= 0.6 is 0 Å². The van der Waals surface area contributed by atoms with E-state index >= 15 is 0 Å². The minimum absolute atomic E-state index is 0.237. The second kappa shape index (κ2) is 6.24. The average molecular weight is 325 g/mol. The van der Waals surface area contributed by atoms with E-state index in [0.717, 1.165) is 54.9 Å². The molecule has 1 aliphatic heterocycles. The Hall–Kier alpha value is -2.40. The van der Waals surface area contributed by atoms with Gasteiger partial charge in [0.2, 0.25) is 0 Å². The van der Waals surface area contributed by atoms with Gasteiger partial charge >= 0.3 is 0 Å². The molecule has 2 heterocycles. The Balaban J connectivity index is 1.41. The third-order valence-electron chi connectivity index (χ3n) is 4.75. The molecule has 0 saturated carbocycles. The number of nitrogens with one attached hydrogen (secondary N) is 1. The van der Waals surface area contributed by atoms with Crippen molar-refractivity contribution in [1.82, 2.24) is 14.9 Å². The van der Waals surface area contributed by atoms with Crippen molar-refractivity contribution in [3.05, 3.63) is 59.7 Å². The van der Waals surface area contributed by atoms with Gasteiger partial charge in [-0.15, -0.1) is 0 Å². The smallest absolute Gasteiger partial charge is 0.125 e. The molecule has 0 spiro atoms. The monoisotopic (exact) mass is 325 g/mol. The Morgan fingerprint density at radius 1 is 1.17 bits per heavy atom. The molecular weight excluding hydrogens is 305 g/mol. The lowest BCUT2D eigenvalue weighted by Gasteiger charge is -2.31. The molecule has 0 radical (unpaired) electrons. The molecule has 0 atom stereocenters. The van der Waals surface area contributed by atoms with Gasteiger partial charge in [-0.2, -0.15) is 0 Å². The predicted molar refractivity (Wildman–Crippen MR) is 91.4 cm³/mol. The first-order chi connectivity index (χ1) is 11.7. The van der Waals surface area contributed by atoms with Crippen molar-refractivity contribution >= 4 is 11.0 Å². The summed E-state index contributed by atoms with van der Waals surface area (Å²) in [6, 6.07) is 12.1. The summed E-state index contributed by atoms with van der Waals surface area (Å²) in [4.78, 5) is 10.3. The highest BCUT2D eigenvalue weighted by molar-refractivity contribution is 5.75. The summed E-state index contributed by atoms with van der Waals surface area (Å²) in [6.07, 6.45) is 2.06. The summed E-state index contributed by atoms with van der Waals surface area (Å²) in [5, 5.41) is 9.56. The molecule has 4 rings (SSSR count). The maximum Gasteiger partial charge on any atom is 0.125 e. The maximum absolute atomic E-state index is 13.3. The number of imidazole rings is 1. The molecule has 1 fully saturated rings. The van der Waals surface area contributed by atoms with Crippen LogP contribution in [0.15, 0.2) is 42.5 Å². The zero-order valence-corrected chi connectivity index (χ0v) is 13.4. The van der Waals surface area contributed by atoms with Crippen molar-refractivity contribution in [2.24, 2.45) is 0 Å². The first kappa shape index (κ1) is 15.1. The molecule has 0 aliphatic carbocycles. The van der Waals surface area contributed by atoms with Crippen LogP contribution in [0.25, 0.3) is 11.0 Å². The standard InChI is InChI=1S/C19H20FN3O/c20-15-4-5-17-18(11-15)22-19(21-17)14-6-8-23(9-7-14)12-13-2-1-3-16(24)10-13/h1-5,10-11,14,24H,6-9,12H2,(H,21,22). The summed E-state index contributed by atoms with van der Waals surface area (Å²) in [5.41, 5.74) is 2.73. The van der Waals surface area contributed by atoms with E-state index in [9.17, 15) is 9.50 Å². The van der Waals surface area contributed by atoms with Crippen molar-refractivity contribution in [2.75, 3.05) is 13.1 Å². The molecule has 3 aromatic rings. The number of aromatic nitrogens is 2. The van der Waals surface area contributed by atoms with E-state index in [-0.39, 0.29) is 5.82 Å². The lowest BCUT2D eigenvalue weighted by molar-refractivity contribution is 0.202. The molecule has 0 bridgehead atoms. The highest BCUT2D eigenvalue weighted by Crippen LogP contribution is 2.28. The third kappa shape index (κ3) is 3.12. The van der Waals surface area contributed by atoms with Crippen molar-refractivity contribution in [2.45, 2.75) is 25.3 Å². The van der Waals surface area contributed by atoms with Crippen LogP contribution in [0.5, 0.6) is 5.75 Å². The van der Waals surface area contributed by atoms with E-state index in [0.29, 0.717) is 11.7 Å². The van der Waals surface area contributed by atoms with Gasteiger partial charge < -0.3 is 10.1 Å². The zero-order valence-electron chi connectivity index (χ0n) is 13.4. The fourth-order valence-electron chi connectivity index (χ4n) is 3.47. The Kier molecular flexibility index (Phi) is 3.94. The molecular formula is C19H20FN3O. The molecule has 0 amide bonds. The van der Waals surface area contributed by atoms with E-state index < -0.39 is 0 Å². The van der Waals surface area contributed by atoms with E-state index in [1.54, 1.807) is 12.1 Å². The summed E-state index contributed by atoms with van der Waals surface area (Å²) < 4.78 is 13.3. The van der Waals surface area contributed by atoms with Gasteiger partial charge in [-0.1, -0.05) is 12.1 Å². The fourth-order valence-corrected chi connectivity index (χ4v) is 3.47. The number of hydrogen-bond acceptors (Lipinski definition) is 3. The molecule has 2 N–H and O–H groups in total. The van der Waals surface area contributed by atoms with Gasteiger partial charge in [0.1, 0.15) is 17.4 Å². The molecule has 24 heavy (non-hydrogen) atoms. The van der Waals surface area contributed by atoms with Crippen LogP contribution < -0.4 is 0 Å². The third-order valence-corrected chi connectivity index (χ3v) is 4.75. The van der Waals surface area contributed by atoms with Gasteiger partial charge in [0.15, 0.2) is 0 Å². The first-order valence-corrected chi connectivity index (χ1v) is 8.33. The number of likely N-dealkylation sites (tertiary alicyclic amines) is 1. The largest absolute Gasteiger partial charge is 0.508 e. The highest BCUT2D eigenvalue weighted by Gasteiger charge is 2.23. The molecule has 0 unspecified atom stereocenters. The number of hydrogen-bond donors (Lipinski definition) is 2. The normalized spacial score (nSPS) is 16.7. The van der Waals surface area contributed by atoms with Crippen molar-refractivity contribution < 1.29 is 9.50 Å². The number of phenolic OH excluding ortho intramolecular Hbond substituents is 1. The van der Waals surface area contributed by atoms with Gasteiger partial charge in [0.25, 0.3) is 0 Å². The number of nitrogens with zero attached hydrogens (tertiary/aromatic N) is 2. The van der Waals surface area contributed by atoms with Crippen molar-refractivity contribution in [3.63, 3.8) is 0 Å². The van der Waals surface area contributed by atoms with E-state index in [2.05, 4.69) is 14.9 Å². The van der Waals surface area contributed by atoms with E-state index in [1.165, 1.54) is 12.1 Å². The number of aromatic amines is 1. The molecule has 124 valence electrons. The van der Waals surface area contributed by atoms with Crippen molar-refractivity contribution in [3.8, 4) is 5.75 Å². The molecule has 4 nitrogen and oxygen atoms in total. The highest BCUT2D eigenvalue weighted by atomic mass is 19.1. The number of phenols is 1. The second-order valence-corrected chi connectivity index (χ2v) is 6.50. The molecule has 1 aromatic heterocycles. The fraction of sp³-hybridized carbons (Fsp3) is 0.316. The molecule has 2 aromatic carbocycles. The summed E-state index contributed by atoms with van der Waals surface area (Å²) in [7, 11) is 0. The molecule has 5 heteroatoms. The summed E-state index contributed by atoms with van der Waals surface area (Å²) in [6.45, 7) is 2.84. The van der Waals surface area contributed by atoms with Gasteiger partial charge in [-0.25, -0.2) is 9.37 Å². The van der Waals surface area contributed by atoms with Gasteiger partial charge in [0, 0.05) is 12.5 Å². The van der Waals surface area contributed by atoms with E-state index in [1.807, 2.05) is 18.2 Å². The number of fused-ring (bicyclic) bond motifs is 1. The van der Waals surface area contributed by atoms with Crippen molar-refractivity contribution in [1.29, 1.82) is 0 Å². The number of halogens is 1. The van der Waals surface area contributed by atoms with Gasteiger partial charge in [-0.3, -0.25) is 4.90 Å². The lowest BCUT2D eigenvalue weighted by atomic mass is 9.96. The Bertz CT molecular complexity index is 853. The number of aromatic hydroxyl groups is 1. The number of piperidine rings is 1. The first-order valence-electron chi connectivity index (χ1n) is 8.33. The molecule has 1 saturated heterocycles. The Morgan fingerprint density at radius 2 is 2.00 bits per heavy atom. The van der Waals surface area contributed by atoms with Crippen LogP contribution in [0.1, 0.15) is 30.1 Å². The van der Waals surface area contributed by atoms with Gasteiger partial charge in [-0.05, 0) is 61.8 Å². The Morgan fingerprint density at radius 3 is 2.79 bits per heavy atom. The SMILES string of the molecule is Oc1cccc(CN2CCC(c3nc4ccc(F)cc4[nH]3)CC2)c1. The lowest BCUT2D eigenvalue weighted by Crippen LogP contribution is -2.32. The van der Waals surface area contributed by atoms with Crippen LogP contribution in [0.2, 0.25) is 0 Å². The number of benzene rings is 2. The summed E-state index contributed by atoms with van der Waals surface area (Å²) >= 11 is 0. The average Bonchev–Trinajstić information content (AvgIpc) is 2.98. The van der Waals surface area contributed by atoms with Crippen LogP contribution in [0, 0.1) is 5.82 Å². The predicted octanol–water partition coefficient (Wildman–Crippen LogP) is 3.79. The van der Waals surface area contributed by atoms with Gasteiger partial charge in [0.05, 0.1) is 11.0 Å². The number of H-pyrrole nitrogens is 1. The minimum Gasteiger partial charge on any atom is -0.508 e. The second-order valence-electron chi connectivity index (χ2n) is 6.50. The quantitative estimate of drug-likeness (QED) is 0.770. The zero-order chi connectivity index (χ0) is 16.5.